The predicted octanol–water partition coefficient (Wildman–Crippen LogP) is 3.18. The van der Waals surface area contributed by atoms with Crippen LogP contribution in [0.25, 0.3) is 0 Å². The van der Waals surface area contributed by atoms with E-state index < -0.39 is 0 Å². The van der Waals surface area contributed by atoms with E-state index >= 15 is 0 Å². The van der Waals surface area contributed by atoms with Crippen LogP contribution in [0, 0.1) is 6.92 Å². The van der Waals surface area contributed by atoms with E-state index in [1.165, 1.54) is 22.4 Å². The van der Waals surface area contributed by atoms with E-state index in [0.29, 0.717) is 17.6 Å². The summed E-state index contributed by atoms with van der Waals surface area (Å²) in [5.41, 5.74) is 4.65. The lowest BCUT2D eigenvalue weighted by atomic mass is 9.87. The van der Waals surface area contributed by atoms with Crippen LogP contribution in [0.2, 0.25) is 5.02 Å². The highest BCUT2D eigenvalue weighted by molar-refractivity contribution is 6.30. The molecule has 24 heavy (non-hydrogen) atoms. The van der Waals surface area contributed by atoms with Crippen molar-refractivity contribution in [3.8, 4) is 0 Å². The maximum atomic E-state index is 12.4. The Hall–Kier alpha value is -1.84. The van der Waals surface area contributed by atoms with Gasteiger partial charge in [-0.3, -0.25) is 4.79 Å². The molecule has 0 aliphatic heterocycles. The third-order valence-corrected chi connectivity index (χ3v) is 5.10. The summed E-state index contributed by atoms with van der Waals surface area (Å²) >= 11 is 5.97. The van der Waals surface area contributed by atoms with E-state index in [1.54, 1.807) is 6.07 Å². The topological polar surface area (TPSA) is 33.5 Å². The number of carbonyl (C=O) groups excluding carboxylic acids is 1. The summed E-state index contributed by atoms with van der Waals surface area (Å²) < 4.78 is 0. The van der Waals surface area contributed by atoms with E-state index in [9.17, 15) is 4.79 Å². The number of hydrogen-bond acceptors (Lipinski definition) is 1. The summed E-state index contributed by atoms with van der Waals surface area (Å²) in [6.45, 7) is 2.41. The molecule has 0 saturated carbocycles. The van der Waals surface area contributed by atoms with Gasteiger partial charge in [-0.25, -0.2) is 0 Å². The molecule has 0 bridgehead atoms. The van der Waals surface area contributed by atoms with Gasteiger partial charge in [0.2, 0.25) is 0 Å². The van der Waals surface area contributed by atoms with Gasteiger partial charge in [0.1, 0.15) is 6.04 Å². The Bertz CT molecular complexity index is 744. The lowest BCUT2D eigenvalue weighted by Gasteiger charge is -2.30. The molecular weight excluding hydrogens is 320 g/mol. The van der Waals surface area contributed by atoms with Crippen LogP contribution >= 0.6 is 11.6 Å². The van der Waals surface area contributed by atoms with Crippen molar-refractivity contribution in [2.24, 2.45) is 0 Å². The van der Waals surface area contributed by atoms with Crippen LogP contribution in [0.15, 0.2) is 42.5 Å². The average Bonchev–Trinajstić information content (AvgIpc) is 2.57. The van der Waals surface area contributed by atoms with Gasteiger partial charge in [-0.1, -0.05) is 35.9 Å². The Kier molecular flexibility index (Phi) is 5.22. The molecule has 1 unspecified atom stereocenters. The molecule has 1 amide bonds. The number of hydrogen-bond donors (Lipinski definition) is 2. The fourth-order valence-electron chi connectivity index (χ4n) is 3.60. The van der Waals surface area contributed by atoms with Gasteiger partial charge in [0.25, 0.3) is 5.91 Å². The Labute approximate surface area is 148 Å². The van der Waals surface area contributed by atoms with Crippen molar-refractivity contribution >= 4 is 23.2 Å². The average molecular weight is 344 g/mol. The second-order valence-electron chi connectivity index (χ2n) is 6.67. The van der Waals surface area contributed by atoms with Crippen molar-refractivity contribution in [3.05, 3.63) is 64.2 Å². The third kappa shape index (κ3) is 3.80. The first kappa shape index (κ1) is 17.0. The zero-order valence-electron chi connectivity index (χ0n) is 14.2. The minimum atomic E-state index is 0.0426. The van der Waals surface area contributed by atoms with Crippen LogP contribution < -0.4 is 10.2 Å². The van der Waals surface area contributed by atoms with Crippen LogP contribution in [-0.2, 0) is 11.2 Å². The smallest absolute Gasteiger partial charge is 0.279 e. The molecule has 2 N–H and O–H groups in total. The second kappa shape index (κ2) is 7.37. The molecule has 3 rings (SSSR count). The Morgan fingerprint density at radius 3 is 2.88 bits per heavy atom. The lowest BCUT2D eigenvalue weighted by molar-refractivity contribution is -0.905. The van der Waals surface area contributed by atoms with Crippen LogP contribution in [0.1, 0.15) is 35.6 Å². The van der Waals surface area contributed by atoms with Crippen molar-refractivity contribution in [1.29, 1.82) is 0 Å². The van der Waals surface area contributed by atoms with Gasteiger partial charge in [-0.05, 0) is 49.1 Å². The monoisotopic (exact) mass is 343 g/mol. The van der Waals surface area contributed by atoms with Crippen molar-refractivity contribution in [1.82, 2.24) is 0 Å². The number of nitrogens with one attached hydrogen (secondary N) is 2. The standard InChI is InChI=1S/C20H23ClN2O/c1-14-12-16(21)10-11-18(14)22-20(24)13-23(2)19-9-5-7-15-6-3-4-8-17(15)19/h3-4,6,8,10-12,19H,5,7,9,13H2,1-2H3,(H,22,24)/p+1/t19-/m1/s1. The molecule has 0 aromatic heterocycles. The zero-order valence-corrected chi connectivity index (χ0v) is 15.0. The van der Waals surface area contributed by atoms with E-state index in [1.807, 2.05) is 19.1 Å². The van der Waals surface area contributed by atoms with Gasteiger partial charge in [-0.15, -0.1) is 0 Å². The number of rotatable bonds is 4. The van der Waals surface area contributed by atoms with Gasteiger partial charge in [0.05, 0.1) is 7.05 Å². The highest BCUT2D eigenvalue weighted by Crippen LogP contribution is 2.27. The maximum absolute atomic E-state index is 12.4. The Morgan fingerprint density at radius 1 is 1.29 bits per heavy atom. The molecule has 126 valence electrons. The molecule has 0 saturated heterocycles. The molecule has 0 radical (unpaired) electrons. The first-order valence-corrected chi connectivity index (χ1v) is 8.88. The number of likely N-dealkylation sites (N-methyl/N-ethyl adjacent to an activating group) is 1. The molecule has 0 spiro atoms. The number of amides is 1. The number of benzene rings is 2. The van der Waals surface area contributed by atoms with Gasteiger partial charge >= 0.3 is 0 Å². The largest absolute Gasteiger partial charge is 0.323 e. The van der Waals surface area contributed by atoms with Gasteiger partial charge in [0, 0.05) is 22.7 Å². The Morgan fingerprint density at radius 2 is 2.08 bits per heavy atom. The molecule has 2 aromatic carbocycles. The van der Waals surface area contributed by atoms with Crippen molar-refractivity contribution in [3.63, 3.8) is 0 Å². The lowest BCUT2D eigenvalue weighted by Crippen LogP contribution is -3.10. The molecule has 4 heteroatoms. The van der Waals surface area contributed by atoms with E-state index in [0.717, 1.165) is 24.1 Å². The van der Waals surface area contributed by atoms with E-state index in [2.05, 4.69) is 36.6 Å². The number of halogens is 1. The van der Waals surface area contributed by atoms with Crippen LogP contribution in [0.5, 0.6) is 0 Å². The number of aryl methyl sites for hydroxylation is 2. The fourth-order valence-corrected chi connectivity index (χ4v) is 3.83. The first-order valence-electron chi connectivity index (χ1n) is 8.50. The Balaban J connectivity index is 1.67. The van der Waals surface area contributed by atoms with Crippen molar-refractivity contribution in [2.75, 3.05) is 18.9 Å². The van der Waals surface area contributed by atoms with Gasteiger partial charge < -0.3 is 10.2 Å². The van der Waals surface area contributed by atoms with E-state index in [4.69, 9.17) is 11.6 Å². The van der Waals surface area contributed by atoms with E-state index in [-0.39, 0.29) is 5.91 Å². The maximum Gasteiger partial charge on any atom is 0.279 e. The summed E-state index contributed by atoms with van der Waals surface area (Å²) in [5, 5.41) is 3.70. The number of fused-ring (bicyclic) bond motifs is 1. The molecule has 2 aromatic rings. The molecular formula is C20H24ClN2O+. The molecule has 0 heterocycles. The quantitative estimate of drug-likeness (QED) is 0.878. The van der Waals surface area contributed by atoms with Crippen LogP contribution in [0.4, 0.5) is 5.69 Å². The number of quaternary nitrogens is 1. The van der Waals surface area contributed by atoms with Crippen molar-refractivity contribution in [2.45, 2.75) is 32.2 Å². The summed E-state index contributed by atoms with van der Waals surface area (Å²) in [7, 11) is 2.11. The minimum absolute atomic E-state index is 0.0426. The van der Waals surface area contributed by atoms with Gasteiger partial charge in [-0.2, -0.15) is 0 Å². The summed E-state index contributed by atoms with van der Waals surface area (Å²) in [4.78, 5) is 13.7. The summed E-state index contributed by atoms with van der Waals surface area (Å²) in [5.74, 6) is 0.0426. The SMILES string of the molecule is Cc1cc(Cl)ccc1NC(=O)C[NH+](C)[C@@H]1CCCc2ccccc21. The molecule has 3 nitrogen and oxygen atoms in total. The molecule has 1 aliphatic carbocycles. The molecule has 0 fully saturated rings. The zero-order chi connectivity index (χ0) is 17.1. The third-order valence-electron chi connectivity index (χ3n) is 4.87. The fraction of sp³-hybridized carbons (Fsp3) is 0.350. The van der Waals surface area contributed by atoms with Crippen molar-refractivity contribution < 1.29 is 9.69 Å². The predicted molar refractivity (Wildman–Crippen MR) is 98.7 cm³/mol. The normalized spacial score (nSPS) is 17.9. The molecule has 1 aliphatic rings. The highest BCUT2D eigenvalue weighted by Gasteiger charge is 2.27. The van der Waals surface area contributed by atoms with Crippen LogP contribution in [0.3, 0.4) is 0 Å². The van der Waals surface area contributed by atoms with Gasteiger partial charge in [0.15, 0.2) is 6.54 Å². The highest BCUT2D eigenvalue weighted by atomic mass is 35.5. The summed E-state index contributed by atoms with van der Waals surface area (Å²) in [6.07, 6.45) is 3.48. The summed E-state index contributed by atoms with van der Waals surface area (Å²) in [6, 6.07) is 14.6. The van der Waals surface area contributed by atoms with Crippen LogP contribution in [-0.4, -0.2) is 19.5 Å². The molecule has 2 atom stereocenters. The second-order valence-corrected chi connectivity index (χ2v) is 7.11. The first-order chi connectivity index (χ1) is 11.5. The number of anilines is 1. The minimum Gasteiger partial charge on any atom is -0.323 e. The number of carbonyl (C=O) groups is 1.